The minimum Gasteiger partial charge on any atom is -0.454 e. The summed E-state index contributed by atoms with van der Waals surface area (Å²) in [5, 5.41) is 3.41. The molecule has 1 atom stereocenters. The molecule has 0 saturated carbocycles. The zero-order valence-corrected chi connectivity index (χ0v) is 18.8. The average molecular weight is 477 g/mol. The van der Waals surface area contributed by atoms with Gasteiger partial charge in [0.2, 0.25) is 11.7 Å². The fraction of sp³-hybridized carbons (Fsp3) is 0.154. The predicted octanol–water partition coefficient (Wildman–Crippen LogP) is 3.80. The largest absolute Gasteiger partial charge is 0.454 e. The van der Waals surface area contributed by atoms with E-state index in [1.807, 2.05) is 30.3 Å². The first-order valence-electron chi connectivity index (χ1n) is 10.6. The Bertz CT molecular complexity index is 1230. The normalized spacial score (nSPS) is 15.4. The topological polar surface area (TPSA) is 92.8 Å². The summed E-state index contributed by atoms with van der Waals surface area (Å²) < 4.78 is 5.09. The van der Waals surface area contributed by atoms with Gasteiger partial charge in [-0.25, -0.2) is 9.69 Å². The number of ketones is 1. The number of carbonyl (C=O) groups excluding carboxylic acids is 4. The first kappa shape index (κ1) is 23.4. The van der Waals surface area contributed by atoms with Crippen LogP contribution in [0.2, 0.25) is 5.02 Å². The average Bonchev–Trinajstić information content (AvgIpc) is 3.14. The highest BCUT2D eigenvalue weighted by molar-refractivity contribution is 6.34. The van der Waals surface area contributed by atoms with Gasteiger partial charge in [-0.3, -0.25) is 14.4 Å². The number of carbonyl (C=O) groups is 4. The highest BCUT2D eigenvalue weighted by Crippen LogP contribution is 2.24. The third-order valence-corrected chi connectivity index (χ3v) is 5.74. The lowest BCUT2D eigenvalue weighted by molar-refractivity contribution is -0.121. The Morgan fingerprint density at radius 1 is 0.941 bits per heavy atom. The Morgan fingerprint density at radius 3 is 2.32 bits per heavy atom. The summed E-state index contributed by atoms with van der Waals surface area (Å²) in [6.45, 7) is 0.0121. The van der Waals surface area contributed by atoms with Crippen molar-refractivity contribution in [3.8, 4) is 0 Å². The molecule has 172 valence electrons. The Hall–Kier alpha value is -3.81. The first-order chi connectivity index (χ1) is 16.4. The molecule has 3 aromatic rings. The Kier molecular flexibility index (Phi) is 7.15. The number of rotatable bonds is 8. The summed E-state index contributed by atoms with van der Waals surface area (Å²) in [5.41, 5.74) is 1.84. The van der Waals surface area contributed by atoms with Gasteiger partial charge in [-0.15, -0.1) is 0 Å². The van der Waals surface area contributed by atoms with E-state index in [1.54, 1.807) is 24.3 Å². The number of amides is 2. The maximum absolute atomic E-state index is 12.8. The zero-order valence-electron chi connectivity index (χ0n) is 18.1. The quantitative estimate of drug-likeness (QED) is 0.302. The van der Waals surface area contributed by atoms with Gasteiger partial charge >= 0.3 is 5.97 Å². The van der Waals surface area contributed by atoms with Gasteiger partial charge < -0.3 is 10.1 Å². The summed E-state index contributed by atoms with van der Waals surface area (Å²) in [7, 11) is 0. The van der Waals surface area contributed by atoms with Crippen molar-refractivity contribution in [3.05, 3.63) is 101 Å². The van der Waals surface area contributed by atoms with E-state index in [9.17, 15) is 19.2 Å². The smallest absolute Gasteiger partial charge is 0.338 e. The molecule has 0 aromatic heterocycles. The van der Waals surface area contributed by atoms with Crippen LogP contribution >= 0.6 is 11.6 Å². The van der Waals surface area contributed by atoms with Crippen LogP contribution in [0, 0.1) is 0 Å². The third kappa shape index (κ3) is 5.22. The van der Waals surface area contributed by atoms with Crippen molar-refractivity contribution in [2.45, 2.75) is 19.0 Å². The monoisotopic (exact) mass is 476 g/mol. The molecule has 4 rings (SSSR count). The van der Waals surface area contributed by atoms with Crippen LogP contribution in [0.5, 0.6) is 0 Å². The summed E-state index contributed by atoms with van der Waals surface area (Å²) in [5.74, 6) is -1.79. The van der Waals surface area contributed by atoms with E-state index in [1.165, 1.54) is 24.3 Å². The highest BCUT2D eigenvalue weighted by atomic mass is 35.5. The highest BCUT2D eigenvalue weighted by Gasteiger charge is 2.39. The molecular weight excluding hydrogens is 456 g/mol. The van der Waals surface area contributed by atoms with E-state index in [0.717, 1.165) is 10.5 Å². The van der Waals surface area contributed by atoms with Gasteiger partial charge in [0.1, 0.15) is 0 Å². The lowest BCUT2D eigenvalue weighted by atomic mass is 10.1. The molecule has 7 nitrogen and oxygen atoms in total. The van der Waals surface area contributed by atoms with E-state index in [-0.39, 0.29) is 34.4 Å². The van der Waals surface area contributed by atoms with Crippen molar-refractivity contribution in [1.29, 1.82) is 0 Å². The molecule has 34 heavy (non-hydrogen) atoms. The summed E-state index contributed by atoms with van der Waals surface area (Å²) in [4.78, 5) is 51.0. The Morgan fingerprint density at radius 2 is 1.62 bits per heavy atom. The Balaban J connectivity index is 1.35. The van der Waals surface area contributed by atoms with Crippen LogP contribution < -0.4 is 10.2 Å². The number of hydrogen-bond acceptors (Lipinski definition) is 6. The molecule has 0 aliphatic carbocycles. The third-order valence-electron chi connectivity index (χ3n) is 5.41. The SMILES string of the molecule is O=C(OCC(=O)c1ccccc1Cl)c1ccc(N2C(=O)CC(NCc3ccccc3)C2=O)cc1. The number of esters is 1. The second kappa shape index (κ2) is 10.4. The maximum Gasteiger partial charge on any atom is 0.338 e. The predicted molar refractivity (Wildman–Crippen MR) is 127 cm³/mol. The van der Waals surface area contributed by atoms with Crippen LogP contribution in [-0.2, 0) is 20.9 Å². The number of Topliss-reactive ketones (excluding diaryl/α,β-unsaturated/α-hetero) is 1. The van der Waals surface area contributed by atoms with Crippen LogP contribution in [-0.4, -0.2) is 36.2 Å². The number of nitrogens with one attached hydrogen (secondary N) is 1. The molecule has 3 aromatic carbocycles. The van der Waals surface area contributed by atoms with Gasteiger partial charge in [0.05, 0.1) is 28.7 Å². The van der Waals surface area contributed by atoms with Crippen LogP contribution in [0.4, 0.5) is 5.69 Å². The van der Waals surface area contributed by atoms with Gasteiger partial charge in [0, 0.05) is 12.1 Å². The van der Waals surface area contributed by atoms with Crippen molar-refractivity contribution < 1.29 is 23.9 Å². The molecule has 1 fully saturated rings. The molecule has 0 bridgehead atoms. The van der Waals surface area contributed by atoms with Gasteiger partial charge in [0.25, 0.3) is 5.91 Å². The van der Waals surface area contributed by atoms with E-state index in [4.69, 9.17) is 16.3 Å². The van der Waals surface area contributed by atoms with Crippen LogP contribution in [0.15, 0.2) is 78.9 Å². The van der Waals surface area contributed by atoms with Crippen LogP contribution in [0.25, 0.3) is 0 Å². The van der Waals surface area contributed by atoms with Crippen LogP contribution in [0.1, 0.15) is 32.7 Å². The summed E-state index contributed by atoms with van der Waals surface area (Å²) in [6, 6.07) is 21.4. The van der Waals surface area contributed by atoms with Crippen molar-refractivity contribution >= 4 is 40.9 Å². The molecule has 1 unspecified atom stereocenters. The second-order valence-corrected chi connectivity index (χ2v) is 8.12. The van der Waals surface area contributed by atoms with Crippen molar-refractivity contribution in [2.24, 2.45) is 0 Å². The maximum atomic E-state index is 12.8. The fourth-order valence-electron chi connectivity index (χ4n) is 3.63. The van der Waals surface area contributed by atoms with Crippen molar-refractivity contribution in [1.82, 2.24) is 5.32 Å². The fourth-order valence-corrected chi connectivity index (χ4v) is 3.87. The first-order valence-corrected chi connectivity index (χ1v) is 11.0. The number of nitrogens with zero attached hydrogens (tertiary/aromatic N) is 1. The number of benzene rings is 3. The van der Waals surface area contributed by atoms with Gasteiger partial charge in [-0.05, 0) is 42.0 Å². The lowest BCUT2D eigenvalue weighted by Gasteiger charge is -2.16. The van der Waals surface area contributed by atoms with Gasteiger partial charge in [0.15, 0.2) is 6.61 Å². The second-order valence-electron chi connectivity index (χ2n) is 7.72. The van der Waals surface area contributed by atoms with E-state index in [2.05, 4.69) is 5.32 Å². The number of imide groups is 1. The number of anilines is 1. The summed E-state index contributed by atoms with van der Waals surface area (Å²) >= 11 is 5.99. The van der Waals surface area contributed by atoms with Gasteiger partial charge in [-0.2, -0.15) is 0 Å². The molecule has 8 heteroatoms. The van der Waals surface area contributed by atoms with Crippen molar-refractivity contribution in [2.75, 3.05) is 11.5 Å². The molecule has 1 N–H and O–H groups in total. The standard InChI is InChI=1S/C26H21ClN2O5/c27-21-9-5-4-8-20(21)23(30)16-34-26(33)18-10-12-19(13-11-18)29-24(31)14-22(25(29)32)28-15-17-6-2-1-3-7-17/h1-13,22,28H,14-16H2. The zero-order chi connectivity index (χ0) is 24.1. The van der Waals surface area contributed by atoms with E-state index >= 15 is 0 Å². The molecule has 1 aliphatic rings. The lowest BCUT2D eigenvalue weighted by Crippen LogP contribution is -2.38. The molecule has 2 amide bonds. The van der Waals surface area contributed by atoms with Gasteiger partial charge in [-0.1, -0.05) is 54.1 Å². The number of ether oxygens (including phenoxy) is 1. The molecular formula is C26H21ClN2O5. The minimum atomic E-state index is -0.701. The molecule has 0 radical (unpaired) electrons. The summed E-state index contributed by atoms with van der Waals surface area (Å²) in [6.07, 6.45) is 0.0552. The number of halogens is 1. The molecule has 1 saturated heterocycles. The van der Waals surface area contributed by atoms with Crippen molar-refractivity contribution in [3.63, 3.8) is 0 Å². The van der Waals surface area contributed by atoms with Crippen LogP contribution in [0.3, 0.4) is 0 Å². The Labute approximate surface area is 201 Å². The molecule has 1 heterocycles. The van der Waals surface area contributed by atoms with E-state index in [0.29, 0.717) is 12.2 Å². The number of hydrogen-bond donors (Lipinski definition) is 1. The minimum absolute atomic E-state index is 0.0552. The molecule has 0 spiro atoms. The van der Waals surface area contributed by atoms with E-state index < -0.39 is 24.4 Å². The molecule has 1 aliphatic heterocycles.